The number of nitrogens with two attached hydrogens (primary N) is 1. The molecule has 86 valence electrons. The molecule has 1 aliphatic rings. The van der Waals surface area contributed by atoms with Crippen LogP contribution in [0.1, 0.15) is 6.42 Å². The van der Waals surface area contributed by atoms with Crippen molar-refractivity contribution in [3.63, 3.8) is 0 Å². The van der Waals surface area contributed by atoms with Gasteiger partial charge in [-0.1, -0.05) is 34.7 Å². The lowest BCUT2D eigenvalue weighted by molar-refractivity contribution is 0.202. The van der Waals surface area contributed by atoms with Crippen LogP contribution >= 0.6 is 22.6 Å². The number of aliphatic hydroxyl groups excluding tert-OH is 1. The van der Waals surface area contributed by atoms with Gasteiger partial charge >= 0.3 is 0 Å². The van der Waals surface area contributed by atoms with Crippen LogP contribution in [0.2, 0.25) is 0 Å². The van der Waals surface area contributed by atoms with E-state index in [1.807, 2.05) is 6.08 Å². The summed E-state index contributed by atoms with van der Waals surface area (Å²) in [7, 11) is 0. The van der Waals surface area contributed by atoms with Gasteiger partial charge in [-0.3, -0.25) is 0 Å². The third kappa shape index (κ3) is 2.81. The van der Waals surface area contributed by atoms with E-state index in [2.05, 4.69) is 41.1 Å². The molecule has 0 heterocycles. The first kappa shape index (κ1) is 13.2. The van der Waals surface area contributed by atoms with E-state index in [4.69, 9.17) is 5.73 Å². The Morgan fingerprint density at radius 3 is 2.67 bits per heavy atom. The summed E-state index contributed by atoms with van der Waals surface area (Å²) >= 11 is 2.42. The summed E-state index contributed by atoms with van der Waals surface area (Å²) in [4.78, 5) is 0. The second-order valence-corrected chi connectivity index (χ2v) is 5.81. The quantitative estimate of drug-likeness (QED) is 0.284. The normalized spacial score (nSPS) is 35.9. The molecule has 0 saturated heterocycles. The van der Waals surface area contributed by atoms with Crippen LogP contribution in [0.15, 0.2) is 25.3 Å². The summed E-state index contributed by atoms with van der Waals surface area (Å²) in [5.74, 6) is 0.997. The van der Waals surface area contributed by atoms with Gasteiger partial charge in [-0.25, -0.2) is 0 Å². The molecule has 0 aromatic carbocycles. The van der Waals surface area contributed by atoms with Crippen molar-refractivity contribution in [1.29, 1.82) is 0 Å². The largest absolute Gasteiger partial charge is 0.389 e. The highest BCUT2D eigenvalue weighted by Crippen LogP contribution is 2.60. The molecule has 1 rings (SSSR count). The molecule has 0 bridgehead atoms. The van der Waals surface area contributed by atoms with Crippen molar-refractivity contribution < 1.29 is 5.11 Å². The molecule has 15 heavy (non-hydrogen) atoms. The molecule has 0 amide bonds. The maximum atomic E-state index is 9.54. The minimum absolute atomic E-state index is 0.115. The first-order chi connectivity index (χ1) is 7.10. The average molecular weight is 322 g/mol. The van der Waals surface area contributed by atoms with Crippen molar-refractivity contribution in [1.82, 2.24) is 5.32 Å². The molecule has 1 saturated carbocycles. The summed E-state index contributed by atoms with van der Waals surface area (Å²) in [5, 5.41) is 12.7. The van der Waals surface area contributed by atoms with Crippen LogP contribution < -0.4 is 11.1 Å². The molecule has 3 unspecified atom stereocenters. The lowest BCUT2D eigenvalue weighted by atomic mass is 10.1. The van der Waals surface area contributed by atoms with Crippen LogP contribution in [0.3, 0.4) is 0 Å². The fraction of sp³-hybridized carbons (Fsp3) is 0.636. The van der Waals surface area contributed by atoms with E-state index in [1.54, 1.807) is 6.08 Å². The van der Waals surface area contributed by atoms with E-state index < -0.39 is 6.10 Å². The van der Waals surface area contributed by atoms with E-state index in [9.17, 15) is 5.11 Å². The van der Waals surface area contributed by atoms with Gasteiger partial charge in [-0.15, -0.1) is 13.2 Å². The molecule has 4 heteroatoms. The Kier molecular flexibility index (Phi) is 4.76. The molecule has 4 atom stereocenters. The summed E-state index contributed by atoms with van der Waals surface area (Å²) in [6, 6.07) is 0. The Morgan fingerprint density at radius 2 is 2.20 bits per heavy atom. The third-order valence-corrected chi connectivity index (χ3v) is 5.14. The maximum Gasteiger partial charge on any atom is 0.0721 e. The first-order valence-electron chi connectivity index (χ1n) is 5.14. The SMILES string of the molecule is C=CC(O)CC1C(CNCN)[C@@]1(I)C=C. The molecule has 1 aliphatic carbocycles. The molecule has 0 spiro atoms. The molecule has 3 nitrogen and oxygen atoms in total. The van der Waals surface area contributed by atoms with Crippen molar-refractivity contribution in [2.45, 2.75) is 15.9 Å². The van der Waals surface area contributed by atoms with Gasteiger partial charge in [0.1, 0.15) is 0 Å². The van der Waals surface area contributed by atoms with Crippen LogP contribution in [0.4, 0.5) is 0 Å². The summed E-state index contributed by atoms with van der Waals surface area (Å²) < 4.78 is 0.115. The van der Waals surface area contributed by atoms with Gasteiger partial charge in [0.15, 0.2) is 0 Å². The number of hydrogen-bond acceptors (Lipinski definition) is 3. The zero-order valence-electron chi connectivity index (χ0n) is 8.82. The van der Waals surface area contributed by atoms with Gasteiger partial charge in [0.05, 0.1) is 6.10 Å². The van der Waals surface area contributed by atoms with E-state index in [1.165, 1.54) is 0 Å². The van der Waals surface area contributed by atoms with Crippen LogP contribution in [-0.2, 0) is 0 Å². The molecule has 0 radical (unpaired) electrons. The number of aliphatic hydroxyl groups is 1. The highest BCUT2D eigenvalue weighted by Gasteiger charge is 2.60. The molecule has 0 aromatic heterocycles. The predicted octanol–water partition coefficient (Wildman–Crippen LogP) is 1.04. The Bertz CT molecular complexity index is 247. The number of rotatable bonds is 7. The standard InChI is InChI=1S/C11H19IN2O/c1-3-8(15)5-9-10(6-14-7-13)11(9,12)4-2/h3-4,8-10,14-15H,1-2,5-7,13H2/t8?,9?,10?,11-/m1/s1. The fourth-order valence-corrected chi connectivity index (χ4v) is 3.23. The molecule has 1 fully saturated rings. The van der Waals surface area contributed by atoms with E-state index in [-0.39, 0.29) is 3.42 Å². The van der Waals surface area contributed by atoms with Gasteiger partial charge in [0.2, 0.25) is 0 Å². The molecule has 0 aromatic rings. The minimum Gasteiger partial charge on any atom is -0.389 e. The molecular weight excluding hydrogens is 303 g/mol. The van der Waals surface area contributed by atoms with Crippen LogP contribution in [0.5, 0.6) is 0 Å². The molecule has 4 N–H and O–H groups in total. The number of alkyl halides is 1. The number of hydrogen-bond donors (Lipinski definition) is 3. The smallest absolute Gasteiger partial charge is 0.0721 e. The molecule has 0 aliphatic heterocycles. The topological polar surface area (TPSA) is 58.3 Å². The number of halogens is 1. The second-order valence-electron chi connectivity index (χ2n) is 3.94. The third-order valence-electron chi connectivity index (χ3n) is 3.10. The van der Waals surface area contributed by atoms with Crippen molar-refractivity contribution in [2.75, 3.05) is 13.2 Å². The Hall–Kier alpha value is 0.0900. The minimum atomic E-state index is -0.410. The Balaban J connectivity index is 2.49. The average Bonchev–Trinajstić information content (AvgIpc) is 2.81. The highest BCUT2D eigenvalue weighted by atomic mass is 127. The maximum absolute atomic E-state index is 9.54. The van der Waals surface area contributed by atoms with Crippen molar-refractivity contribution >= 4 is 22.6 Å². The highest BCUT2D eigenvalue weighted by molar-refractivity contribution is 14.1. The van der Waals surface area contributed by atoms with Crippen molar-refractivity contribution in [2.24, 2.45) is 17.6 Å². The zero-order chi connectivity index (χ0) is 11.5. The lowest BCUT2D eigenvalue weighted by Gasteiger charge is -2.05. The van der Waals surface area contributed by atoms with Gasteiger partial charge in [0, 0.05) is 16.6 Å². The first-order valence-corrected chi connectivity index (χ1v) is 6.22. The van der Waals surface area contributed by atoms with Gasteiger partial charge in [0.25, 0.3) is 0 Å². The fourth-order valence-electron chi connectivity index (χ4n) is 2.07. The van der Waals surface area contributed by atoms with Crippen LogP contribution in [0.25, 0.3) is 0 Å². The van der Waals surface area contributed by atoms with E-state index in [0.717, 1.165) is 13.0 Å². The number of allylic oxidation sites excluding steroid dienone is 1. The van der Waals surface area contributed by atoms with Crippen LogP contribution in [-0.4, -0.2) is 27.8 Å². The summed E-state index contributed by atoms with van der Waals surface area (Å²) in [6.07, 6.45) is 3.92. The second kappa shape index (κ2) is 5.43. The van der Waals surface area contributed by atoms with Crippen LogP contribution in [0, 0.1) is 11.8 Å². The summed E-state index contributed by atoms with van der Waals surface area (Å²) in [5.41, 5.74) is 5.40. The van der Waals surface area contributed by atoms with Gasteiger partial charge < -0.3 is 16.2 Å². The lowest BCUT2D eigenvalue weighted by Crippen LogP contribution is -2.26. The van der Waals surface area contributed by atoms with E-state index in [0.29, 0.717) is 18.5 Å². The summed E-state index contributed by atoms with van der Waals surface area (Å²) in [6.45, 7) is 8.84. The van der Waals surface area contributed by atoms with Gasteiger partial charge in [-0.05, 0) is 18.3 Å². The van der Waals surface area contributed by atoms with E-state index >= 15 is 0 Å². The Morgan fingerprint density at radius 1 is 1.53 bits per heavy atom. The zero-order valence-corrected chi connectivity index (χ0v) is 11.0. The van der Waals surface area contributed by atoms with Crippen molar-refractivity contribution in [3.8, 4) is 0 Å². The molecular formula is C11H19IN2O. The van der Waals surface area contributed by atoms with Crippen molar-refractivity contribution in [3.05, 3.63) is 25.3 Å². The Labute approximate surface area is 105 Å². The number of nitrogens with one attached hydrogen (secondary N) is 1. The predicted molar refractivity (Wildman–Crippen MR) is 71.8 cm³/mol. The monoisotopic (exact) mass is 322 g/mol. The van der Waals surface area contributed by atoms with Gasteiger partial charge in [-0.2, -0.15) is 0 Å².